The van der Waals surface area contributed by atoms with Crippen molar-refractivity contribution in [2.75, 3.05) is 12.4 Å². The van der Waals surface area contributed by atoms with Crippen molar-refractivity contribution in [2.45, 2.75) is 18.7 Å². The van der Waals surface area contributed by atoms with Crippen LogP contribution in [0.3, 0.4) is 0 Å². The van der Waals surface area contributed by atoms with E-state index in [4.69, 9.17) is 5.73 Å². The van der Waals surface area contributed by atoms with E-state index < -0.39 is 16.4 Å². The van der Waals surface area contributed by atoms with Crippen molar-refractivity contribution in [2.24, 2.45) is 10.7 Å². The summed E-state index contributed by atoms with van der Waals surface area (Å²) in [6, 6.07) is 11.9. The first-order chi connectivity index (χ1) is 13.1. The zero-order valence-electron chi connectivity index (χ0n) is 14.8. The van der Waals surface area contributed by atoms with E-state index in [1.165, 1.54) is 19.2 Å². The smallest absolute Gasteiger partial charge is 0.406 e. The second-order valence-corrected chi connectivity index (χ2v) is 7.60. The fourth-order valence-corrected chi connectivity index (χ4v) is 2.91. The number of benzene rings is 2. The van der Waals surface area contributed by atoms with E-state index in [0.717, 1.165) is 17.7 Å². The van der Waals surface area contributed by atoms with Crippen LogP contribution in [0.25, 0.3) is 0 Å². The van der Waals surface area contributed by atoms with Crippen LogP contribution in [-0.4, -0.2) is 27.8 Å². The first-order valence-electron chi connectivity index (χ1n) is 7.98. The fourth-order valence-electron chi connectivity index (χ4n) is 2.14. The third-order valence-electron chi connectivity index (χ3n) is 3.48. The van der Waals surface area contributed by atoms with Gasteiger partial charge < -0.3 is 15.8 Å². The van der Waals surface area contributed by atoms with Gasteiger partial charge in [-0.25, -0.2) is 18.1 Å². The topological polar surface area (TPSA) is 106 Å². The normalized spacial score (nSPS) is 12.6. The summed E-state index contributed by atoms with van der Waals surface area (Å²) in [6.07, 6.45) is -4.75. The number of hydrogen-bond donors (Lipinski definition) is 3. The van der Waals surface area contributed by atoms with Crippen LogP contribution in [0.4, 0.5) is 18.9 Å². The molecule has 0 aliphatic rings. The molecule has 152 valence electrons. The van der Waals surface area contributed by atoms with E-state index in [0.29, 0.717) is 11.3 Å². The summed E-state index contributed by atoms with van der Waals surface area (Å²) in [7, 11) is -1.99. The van der Waals surface area contributed by atoms with Crippen LogP contribution in [0.15, 0.2) is 53.5 Å². The number of nitrogens with two attached hydrogens (primary N) is 1. The molecule has 0 aliphatic heterocycles. The SMILES string of the molecule is CNS(=O)(=O)Cc1ccc(CN=C(N)Nc2ccc(OC(F)(F)F)cc2)cc1. The highest BCUT2D eigenvalue weighted by atomic mass is 32.2. The quantitative estimate of drug-likeness (QED) is 0.475. The van der Waals surface area contributed by atoms with Crippen LogP contribution in [-0.2, 0) is 22.3 Å². The van der Waals surface area contributed by atoms with Crippen LogP contribution in [0, 0.1) is 0 Å². The Bertz CT molecular complexity index is 912. The number of nitrogens with zero attached hydrogens (tertiary/aromatic N) is 1. The van der Waals surface area contributed by atoms with Crippen molar-refractivity contribution >= 4 is 21.7 Å². The fraction of sp³-hybridized carbons (Fsp3) is 0.235. The Kier molecular flexibility index (Phi) is 6.86. The molecule has 0 atom stereocenters. The Morgan fingerprint density at radius 1 is 1.07 bits per heavy atom. The van der Waals surface area contributed by atoms with Crippen molar-refractivity contribution in [3.63, 3.8) is 0 Å². The van der Waals surface area contributed by atoms with Gasteiger partial charge in [-0.05, 0) is 42.4 Å². The minimum absolute atomic E-state index is 0.0753. The number of aliphatic imine (C=N–C) groups is 1. The lowest BCUT2D eigenvalue weighted by Gasteiger charge is -2.10. The highest BCUT2D eigenvalue weighted by Gasteiger charge is 2.30. The molecule has 0 saturated carbocycles. The second kappa shape index (κ2) is 8.93. The summed E-state index contributed by atoms with van der Waals surface area (Å²) in [5.41, 5.74) is 7.66. The van der Waals surface area contributed by atoms with Gasteiger partial charge in [0.05, 0.1) is 12.3 Å². The molecule has 0 spiro atoms. The highest BCUT2D eigenvalue weighted by Crippen LogP contribution is 2.23. The van der Waals surface area contributed by atoms with Crippen molar-refractivity contribution < 1.29 is 26.3 Å². The number of halogens is 3. The monoisotopic (exact) mass is 416 g/mol. The Hall–Kier alpha value is -2.79. The van der Waals surface area contributed by atoms with Gasteiger partial charge in [0.1, 0.15) is 5.75 Å². The average molecular weight is 416 g/mol. The maximum absolute atomic E-state index is 12.1. The lowest BCUT2D eigenvalue weighted by atomic mass is 10.1. The number of nitrogens with one attached hydrogen (secondary N) is 2. The number of alkyl halides is 3. The van der Waals surface area contributed by atoms with Crippen molar-refractivity contribution in [1.82, 2.24) is 4.72 Å². The minimum atomic E-state index is -4.75. The lowest BCUT2D eigenvalue weighted by molar-refractivity contribution is -0.274. The van der Waals surface area contributed by atoms with Gasteiger partial charge in [0.25, 0.3) is 0 Å². The molecule has 4 N–H and O–H groups in total. The molecule has 0 radical (unpaired) electrons. The van der Waals surface area contributed by atoms with Crippen LogP contribution < -0.4 is 20.5 Å². The third-order valence-corrected chi connectivity index (χ3v) is 4.82. The number of hydrogen-bond acceptors (Lipinski definition) is 4. The standard InChI is InChI=1S/C17H19F3N4O3S/c1-22-28(25,26)11-13-4-2-12(3-5-13)10-23-16(21)24-14-6-8-15(9-7-14)27-17(18,19)20/h2-9,22H,10-11H2,1H3,(H3,21,23,24). The molecule has 0 aromatic heterocycles. The van der Waals surface area contributed by atoms with Gasteiger partial charge >= 0.3 is 6.36 Å². The van der Waals surface area contributed by atoms with E-state index in [1.54, 1.807) is 24.3 Å². The summed E-state index contributed by atoms with van der Waals surface area (Å²) >= 11 is 0. The van der Waals surface area contributed by atoms with Gasteiger partial charge in [-0.15, -0.1) is 13.2 Å². The molecular formula is C17H19F3N4O3S. The van der Waals surface area contributed by atoms with Crippen LogP contribution in [0.5, 0.6) is 5.75 Å². The summed E-state index contributed by atoms with van der Waals surface area (Å²) in [4.78, 5) is 4.13. The van der Waals surface area contributed by atoms with E-state index in [9.17, 15) is 21.6 Å². The number of ether oxygens (including phenoxy) is 1. The number of anilines is 1. The molecule has 0 fully saturated rings. The maximum atomic E-state index is 12.1. The Balaban J connectivity index is 1.92. The molecule has 0 saturated heterocycles. The van der Waals surface area contributed by atoms with Gasteiger partial charge in [0, 0.05) is 5.69 Å². The summed E-state index contributed by atoms with van der Waals surface area (Å²) < 4.78 is 65.4. The molecule has 0 unspecified atom stereocenters. The molecule has 0 amide bonds. The number of rotatable bonds is 7. The molecule has 0 bridgehead atoms. The Morgan fingerprint density at radius 2 is 1.64 bits per heavy atom. The van der Waals surface area contributed by atoms with Gasteiger partial charge in [0.2, 0.25) is 10.0 Å². The zero-order chi connectivity index (χ0) is 20.8. The molecule has 2 aromatic rings. The molecule has 7 nitrogen and oxygen atoms in total. The molecule has 0 aliphatic carbocycles. The van der Waals surface area contributed by atoms with Crippen molar-refractivity contribution in [3.8, 4) is 5.75 Å². The first kappa shape index (κ1) is 21.5. The maximum Gasteiger partial charge on any atom is 0.573 e. The summed E-state index contributed by atoms with van der Waals surface area (Å²) in [6.45, 7) is 0.243. The van der Waals surface area contributed by atoms with E-state index in [-0.39, 0.29) is 24.0 Å². The second-order valence-electron chi connectivity index (χ2n) is 5.68. The number of sulfonamides is 1. The third kappa shape index (κ3) is 7.45. The van der Waals surface area contributed by atoms with Crippen molar-refractivity contribution in [3.05, 3.63) is 59.7 Å². The Labute approximate surface area is 160 Å². The predicted molar refractivity (Wildman–Crippen MR) is 100 cm³/mol. The van der Waals surface area contributed by atoms with Crippen LogP contribution >= 0.6 is 0 Å². The molecule has 0 heterocycles. The average Bonchev–Trinajstić information content (AvgIpc) is 2.61. The van der Waals surface area contributed by atoms with Crippen molar-refractivity contribution in [1.29, 1.82) is 0 Å². The van der Waals surface area contributed by atoms with E-state index >= 15 is 0 Å². The summed E-state index contributed by atoms with van der Waals surface area (Å²) in [5, 5.41) is 2.76. The minimum Gasteiger partial charge on any atom is -0.406 e. The summed E-state index contributed by atoms with van der Waals surface area (Å²) in [5.74, 6) is -0.384. The molecule has 2 rings (SSSR count). The van der Waals surface area contributed by atoms with Crippen LogP contribution in [0.1, 0.15) is 11.1 Å². The van der Waals surface area contributed by atoms with Gasteiger partial charge in [-0.3, -0.25) is 0 Å². The van der Waals surface area contributed by atoms with Gasteiger partial charge in [-0.2, -0.15) is 0 Å². The zero-order valence-corrected chi connectivity index (χ0v) is 15.6. The molecular weight excluding hydrogens is 397 g/mol. The molecule has 2 aromatic carbocycles. The van der Waals surface area contributed by atoms with E-state index in [1.807, 2.05) is 0 Å². The Morgan fingerprint density at radius 3 is 2.18 bits per heavy atom. The van der Waals surface area contributed by atoms with Gasteiger partial charge in [-0.1, -0.05) is 24.3 Å². The van der Waals surface area contributed by atoms with Gasteiger partial charge in [0.15, 0.2) is 5.96 Å². The molecule has 11 heteroatoms. The molecule has 28 heavy (non-hydrogen) atoms. The van der Waals surface area contributed by atoms with E-state index in [2.05, 4.69) is 19.8 Å². The number of guanidine groups is 1. The predicted octanol–water partition coefficient (Wildman–Crippen LogP) is 2.56. The largest absolute Gasteiger partial charge is 0.573 e. The first-order valence-corrected chi connectivity index (χ1v) is 9.63. The lowest BCUT2D eigenvalue weighted by Crippen LogP contribution is -2.22. The highest BCUT2D eigenvalue weighted by molar-refractivity contribution is 7.88. The van der Waals surface area contributed by atoms with Crippen LogP contribution in [0.2, 0.25) is 0 Å².